The van der Waals surface area contributed by atoms with Crippen molar-refractivity contribution in [3.63, 3.8) is 0 Å². The monoisotopic (exact) mass is 442 g/mol. The lowest BCUT2D eigenvalue weighted by Gasteiger charge is -2.41. The average Bonchev–Trinajstić information content (AvgIpc) is 3.22. The number of hydrogen-bond acceptors (Lipinski definition) is 6. The number of nitro groups is 1. The number of alkyl halides is 3. The van der Waals surface area contributed by atoms with Crippen LogP contribution in [0.25, 0.3) is 0 Å². The van der Waals surface area contributed by atoms with Crippen LogP contribution < -0.4 is 9.47 Å². The summed E-state index contributed by atoms with van der Waals surface area (Å²) in [6.07, 6.45) is -4.24. The van der Waals surface area contributed by atoms with E-state index in [0.29, 0.717) is 44.7 Å². The molecule has 4 rings (SSSR count). The van der Waals surface area contributed by atoms with Gasteiger partial charge in [-0.2, -0.15) is 13.2 Å². The summed E-state index contributed by atoms with van der Waals surface area (Å²) in [5.74, 6) is -1.26. The molecule has 1 fully saturated rings. The minimum atomic E-state index is -4.89. The van der Waals surface area contributed by atoms with Crippen molar-refractivity contribution in [1.82, 2.24) is 4.90 Å². The quantitative estimate of drug-likeness (QED) is 0.511. The van der Waals surface area contributed by atoms with E-state index in [4.69, 9.17) is 14.2 Å². The molecule has 0 saturated carbocycles. The van der Waals surface area contributed by atoms with Gasteiger partial charge >= 0.3 is 6.18 Å². The predicted octanol–water partition coefficient (Wildman–Crippen LogP) is 3.76. The summed E-state index contributed by atoms with van der Waals surface area (Å²) in [5.41, 5.74) is 1.27. The number of rotatable bonds is 5. The van der Waals surface area contributed by atoms with Crippen molar-refractivity contribution < 1.29 is 32.3 Å². The number of para-hydroxylation sites is 1. The first-order valence-corrected chi connectivity index (χ1v) is 10.5. The summed E-state index contributed by atoms with van der Waals surface area (Å²) >= 11 is 0. The molecule has 170 valence electrons. The van der Waals surface area contributed by atoms with Gasteiger partial charge in [0.1, 0.15) is 0 Å². The molecule has 0 radical (unpaired) electrons. The molecule has 10 heteroatoms. The zero-order valence-corrected chi connectivity index (χ0v) is 17.1. The zero-order chi connectivity index (χ0) is 22.2. The molecule has 1 aromatic carbocycles. The first-order chi connectivity index (χ1) is 14.8. The number of benzene rings is 1. The van der Waals surface area contributed by atoms with E-state index < -0.39 is 35.1 Å². The van der Waals surface area contributed by atoms with Crippen LogP contribution in [0.3, 0.4) is 0 Å². The molecule has 3 aliphatic rings. The molecular weight excluding hydrogens is 417 g/mol. The van der Waals surface area contributed by atoms with Crippen LogP contribution in [0, 0.1) is 16.0 Å². The van der Waals surface area contributed by atoms with Gasteiger partial charge in [-0.1, -0.05) is 18.2 Å². The molecule has 4 atom stereocenters. The zero-order valence-electron chi connectivity index (χ0n) is 17.1. The van der Waals surface area contributed by atoms with E-state index >= 15 is 0 Å². The summed E-state index contributed by atoms with van der Waals surface area (Å²) in [6.45, 7) is 4.23. The van der Waals surface area contributed by atoms with Crippen LogP contribution in [0.5, 0.6) is 11.5 Å². The first kappa shape index (κ1) is 21.7. The van der Waals surface area contributed by atoms with E-state index in [-0.39, 0.29) is 18.1 Å². The highest BCUT2D eigenvalue weighted by atomic mass is 19.4. The van der Waals surface area contributed by atoms with E-state index in [9.17, 15) is 23.3 Å². The molecule has 0 N–H and O–H groups in total. The van der Waals surface area contributed by atoms with Crippen molar-refractivity contribution in [3.8, 4) is 11.5 Å². The van der Waals surface area contributed by atoms with Gasteiger partial charge in [-0.25, -0.2) is 0 Å². The molecular formula is C21H25F3N2O5. The van der Waals surface area contributed by atoms with Crippen molar-refractivity contribution in [3.05, 3.63) is 45.6 Å². The highest BCUT2D eigenvalue weighted by Gasteiger charge is 2.61. The Morgan fingerprint density at radius 3 is 2.68 bits per heavy atom. The molecule has 0 unspecified atom stereocenters. The summed E-state index contributed by atoms with van der Waals surface area (Å²) in [5, 5.41) is 12.0. The van der Waals surface area contributed by atoms with Crippen LogP contribution in [0.4, 0.5) is 13.2 Å². The predicted molar refractivity (Wildman–Crippen MR) is 105 cm³/mol. The largest absolute Gasteiger partial charge is 0.490 e. The maximum absolute atomic E-state index is 14.0. The van der Waals surface area contributed by atoms with Crippen LogP contribution in [-0.2, 0) is 4.74 Å². The van der Waals surface area contributed by atoms with E-state index in [1.165, 1.54) is 6.07 Å². The standard InChI is InChI=1S/C21H25F3N2O5/c1-2-30-16-8-4-6-14-17(13-5-3-7-15(13)25-9-11-29-12-10-25)18(26(27)28)20(21(22,23)24)31-19(14)16/h4,6-8,13,17-18,20H,2-3,5,9-12H2,1H3/t13-,17+,18-,20-/m1/s1. The second kappa shape index (κ2) is 8.57. The van der Waals surface area contributed by atoms with Crippen molar-refractivity contribution >= 4 is 0 Å². The van der Waals surface area contributed by atoms with Crippen LogP contribution in [-0.4, -0.2) is 61.1 Å². The second-order valence-electron chi connectivity index (χ2n) is 7.90. The van der Waals surface area contributed by atoms with Gasteiger partial charge in [0.05, 0.1) is 25.7 Å². The minimum absolute atomic E-state index is 0.0389. The molecule has 1 aromatic rings. The Morgan fingerprint density at radius 2 is 2.03 bits per heavy atom. The molecule has 31 heavy (non-hydrogen) atoms. The third kappa shape index (κ3) is 4.05. The SMILES string of the molecule is CCOc1cccc2c1O[C@@H](C(F)(F)F)[C@H]([N+](=O)[O-])[C@H]2[C@@H]1CCC=C1N1CCOCC1. The Balaban J connectivity index is 1.82. The number of halogens is 3. The van der Waals surface area contributed by atoms with Crippen LogP contribution in [0.15, 0.2) is 30.0 Å². The molecule has 0 aromatic heterocycles. The molecule has 0 spiro atoms. The maximum atomic E-state index is 14.0. The molecule has 1 saturated heterocycles. The van der Waals surface area contributed by atoms with Gasteiger partial charge in [0.2, 0.25) is 0 Å². The first-order valence-electron chi connectivity index (χ1n) is 10.5. The van der Waals surface area contributed by atoms with Crippen molar-refractivity contribution in [2.45, 2.75) is 44.0 Å². The summed E-state index contributed by atoms with van der Waals surface area (Å²) in [6, 6.07) is 2.86. The van der Waals surface area contributed by atoms with Gasteiger partial charge < -0.3 is 19.1 Å². The smallest absolute Gasteiger partial charge is 0.432 e. The fourth-order valence-electron chi connectivity index (χ4n) is 4.98. The van der Waals surface area contributed by atoms with Gasteiger partial charge in [0.25, 0.3) is 12.1 Å². The maximum Gasteiger partial charge on any atom is 0.432 e. The van der Waals surface area contributed by atoms with Crippen LogP contribution in [0.2, 0.25) is 0 Å². The van der Waals surface area contributed by atoms with Gasteiger partial charge in [0, 0.05) is 35.2 Å². The number of nitrogens with zero attached hydrogens (tertiary/aromatic N) is 2. The normalized spacial score (nSPS) is 28.5. The van der Waals surface area contributed by atoms with Gasteiger partial charge in [0.15, 0.2) is 11.5 Å². The van der Waals surface area contributed by atoms with Crippen LogP contribution >= 0.6 is 0 Å². The summed E-state index contributed by atoms with van der Waals surface area (Å²) in [7, 11) is 0. The van der Waals surface area contributed by atoms with E-state index in [1.807, 2.05) is 6.08 Å². The van der Waals surface area contributed by atoms with E-state index in [0.717, 1.165) is 5.70 Å². The van der Waals surface area contributed by atoms with Gasteiger partial charge in [-0.15, -0.1) is 0 Å². The summed E-state index contributed by atoms with van der Waals surface area (Å²) in [4.78, 5) is 13.3. The number of morpholine rings is 1. The molecule has 7 nitrogen and oxygen atoms in total. The number of hydrogen-bond donors (Lipinski definition) is 0. The molecule has 1 aliphatic carbocycles. The fraction of sp³-hybridized carbons (Fsp3) is 0.619. The summed E-state index contributed by atoms with van der Waals surface area (Å²) < 4.78 is 58.1. The van der Waals surface area contributed by atoms with Crippen LogP contribution in [0.1, 0.15) is 31.2 Å². The Hall–Kier alpha value is -2.49. The third-order valence-electron chi connectivity index (χ3n) is 6.18. The third-order valence-corrected chi connectivity index (χ3v) is 6.18. The molecule has 2 aliphatic heterocycles. The lowest BCUT2D eigenvalue weighted by molar-refractivity contribution is -0.550. The second-order valence-corrected chi connectivity index (χ2v) is 7.90. The number of fused-ring (bicyclic) bond motifs is 1. The molecule has 2 heterocycles. The lowest BCUT2D eigenvalue weighted by atomic mass is 9.74. The number of ether oxygens (including phenoxy) is 3. The minimum Gasteiger partial charge on any atom is -0.490 e. The average molecular weight is 442 g/mol. The Morgan fingerprint density at radius 1 is 1.29 bits per heavy atom. The topological polar surface area (TPSA) is 74.1 Å². The highest BCUT2D eigenvalue weighted by molar-refractivity contribution is 5.51. The highest BCUT2D eigenvalue weighted by Crippen LogP contribution is 2.53. The van der Waals surface area contributed by atoms with Crippen molar-refractivity contribution in [2.75, 3.05) is 32.9 Å². The van der Waals surface area contributed by atoms with Crippen molar-refractivity contribution in [1.29, 1.82) is 0 Å². The molecule has 0 bridgehead atoms. The number of allylic oxidation sites excluding steroid dienone is 2. The van der Waals surface area contributed by atoms with E-state index in [2.05, 4.69) is 4.90 Å². The van der Waals surface area contributed by atoms with Gasteiger partial charge in [-0.3, -0.25) is 10.1 Å². The fourth-order valence-corrected chi connectivity index (χ4v) is 4.98. The lowest BCUT2D eigenvalue weighted by Crippen LogP contribution is -2.55. The van der Waals surface area contributed by atoms with E-state index in [1.54, 1.807) is 19.1 Å². The Kier molecular flexibility index (Phi) is 6.00. The Labute approximate surface area is 177 Å². The van der Waals surface area contributed by atoms with Gasteiger partial charge in [-0.05, 0) is 25.8 Å². The Bertz CT molecular complexity index is 854. The van der Waals surface area contributed by atoms with Crippen molar-refractivity contribution in [2.24, 2.45) is 5.92 Å². The molecule has 0 amide bonds.